The van der Waals surface area contributed by atoms with Gasteiger partial charge in [0.1, 0.15) is 0 Å². The zero-order valence-electron chi connectivity index (χ0n) is 15.0. The van der Waals surface area contributed by atoms with Gasteiger partial charge in [0.25, 0.3) is 0 Å². The monoisotopic (exact) mass is 314 g/mol. The van der Waals surface area contributed by atoms with Gasteiger partial charge >= 0.3 is 0 Å². The largest absolute Gasteiger partial charge is 0.461 e. The maximum absolute atomic E-state index is 11.8. The Hall–Kier alpha value is -1.83. The van der Waals surface area contributed by atoms with Crippen LogP contribution in [0, 0.1) is 0 Å². The Labute approximate surface area is 141 Å². The van der Waals surface area contributed by atoms with Crippen molar-refractivity contribution >= 4 is 5.78 Å². The van der Waals surface area contributed by atoms with Crippen LogP contribution < -0.4 is 0 Å². The minimum absolute atomic E-state index is 0.0778. The molecule has 0 saturated heterocycles. The third kappa shape index (κ3) is 9.02. The van der Waals surface area contributed by atoms with Gasteiger partial charge in [0.15, 0.2) is 11.5 Å². The molecule has 0 N–H and O–H groups in total. The summed E-state index contributed by atoms with van der Waals surface area (Å²) in [5.74, 6) is 0.542. The summed E-state index contributed by atoms with van der Waals surface area (Å²) in [6.45, 7) is 8.64. The van der Waals surface area contributed by atoms with Crippen molar-refractivity contribution < 1.29 is 9.21 Å². The van der Waals surface area contributed by atoms with Crippen LogP contribution in [0.3, 0.4) is 0 Å². The number of ketones is 1. The molecule has 0 aliphatic rings. The lowest BCUT2D eigenvalue weighted by Crippen LogP contribution is -1.95. The third-order valence-corrected chi connectivity index (χ3v) is 3.78. The van der Waals surface area contributed by atoms with Crippen LogP contribution in [0.2, 0.25) is 0 Å². The van der Waals surface area contributed by atoms with E-state index in [1.807, 2.05) is 0 Å². The normalized spacial score (nSPS) is 12.3. The topological polar surface area (TPSA) is 30.2 Å². The molecule has 1 aromatic rings. The maximum Gasteiger partial charge on any atom is 0.198 e. The molecule has 126 valence electrons. The average molecular weight is 314 g/mol. The van der Waals surface area contributed by atoms with Crippen LogP contribution in [0.1, 0.15) is 76.8 Å². The molecule has 0 amide bonds. The van der Waals surface area contributed by atoms with Crippen molar-refractivity contribution in [1.82, 2.24) is 0 Å². The Morgan fingerprint density at radius 2 is 1.48 bits per heavy atom. The smallest absolute Gasteiger partial charge is 0.198 e. The Morgan fingerprint density at radius 3 is 2.00 bits per heavy atom. The Morgan fingerprint density at radius 1 is 0.913 bits per heavy atom. The van der Waals surface area contributed by atoms with E-state index in [2.05, 4.69) is 45.9 Å². The molecule has 0 spiro atoms. The third-order valence-electron chi connectivity index (χ3n) is 3.78. The fourth-order valence-corrected chi connectivity index (χ4v) is 2.35. The Bertz CT molecular complexity index is 553. The number of allylic oxidation sites excluding steroid dienone is 6. The van der Waals surface area contributed by atoms with Gasteiger partial charge in [0.05, 0.1) is 6.26 Å². The number of carbonyl (C=O) groups excluding carboxylic acids is 1. The van der Waals surface area contributed by atoms with Crippen molar-refractivity contribution in [2.75, 3.05) is 0 Å². The van der Waals surface area contributed by atoms with E-state index in [1.54, 1.807) is 18.4 Å². The number of hydrogen-bond acceptors (Lipinski definition) is 2. The molecule has 0 unspecified atom stereocenters. The first-order valence-electron chi connectivity index (χ1n) is 8.50. The van der Waals surface area contributed by atoms with Crippen LogP contribution >= 0.6 is 0 Å². The second kappa shape index (κ2) is 10.8. The number of furan rings is 1. The molecule has 0 bridgehead atoms. The van der Waals surface area contributed by atoms with Crippen LogP contribution in [0.15, 0.2) is 57.8 Å². The van der Waals surface area contributed by atoms with Gasteiger partial charge in [-0.2, -0.15) is 0 Å². The van der Waals surface area contributed by atoms with Gasteiger partial charge in [0, 0.05) is 6.42 Å². The summed E-state index contributed by atoms with van der Waals surface area (Å²) in [5.41, 5.74) is 4.20. The highest BCUT2D eigenvalue weighted by molar-refractivity contribution is 5.93. The molecule has 0 aromatic carbocycles. The Balaban J connectivity index is 2.23. The molecule has 23 heavy (non-hydrogen) atoms. The fourth-order valence-electron chi connectivity index (χ4n) is 2.35. The zero-order chi connectivity index (χ0) is 17.1. The molecule has 0 fully saturated rings. The second-order valence-electron chi connectivity index (χ2n) is 6.40. The lowest BCUT2D eigenvalue weighted by Gasteiger charge is -2.01. The van der Waals surface area contributed by atoms with Gasteiger partial charge in [-0.05, 0) is 71.9 Å². The van der Waals surface area contributed by atoms with Crippen LogP contribution in [-0.4, -0.2) is 5.78 Å². The molecule has 2 nitrogen and oxygen atoms in total. The van der Waals surface area contributed by atoms with E-state index in [9.17, 15) is 4.79 Å². The van der Waals surface area contributed by atoms with E-state index in [0.717, 1.165) is 32.1 Å². The van der Waals surface area contributed by atoms with Crippen molar-refractivity contribution in [3.63, 3.8) is 0 Å². The zero-order valence-corrected chi connectivity index (χ0v) is 15.0. The SMILES string of the molecule is CC(C)=CCC/C(C)=C/CC/C(C)=C/CCC(=O)c1ccco1. The Kier molecular flexibility index (Phi) is 9.04. The van der Waals surface area contributed by atoms with E-state index >= 15 is 0 Å². The minimum atomic E-state index is 0.0778. The van der Waals surface area contributed by atoms with Crippen LogP contribution in [0.5, 0.6) is 0 Å². The van der Waals surface area contributed by atoms with E-state index in [4.69, 9.17) is 4.42 Å². The summed E-state index contributed by atoms with van der Waals surface area (Å²) in [6.07, 6.45) is 14.1. The predicted molar refractivity (Wildman–Crippen MR) is 97.7 cm³/mol. The molecule has 0 atom stereocenters. The lowest BCUT2D eigenvalue weighted by molar-refractivity contribution is 0.0957. The second-order valence-corrected chi connectivity index (χ2v) is 6.40. The van der Waals surface area contributed by atoms with Crippen molar-refractivity contribution in [2.45, 2.75) is 66.2 Å². The number of Topliss-reactive ketones (excluding diaryl/α,β-unsaturated/α-hetero) is 1. The van der Waals surface area contributed by atoms with Crippen molar-refractivity contribution in [3.8, 4) is 0 Å². The van der Waals surface area contributed by atoms with Crippen molar-refractivity contribution in [2.24, 2.45) is 0 Å². The first kappa shape index (κ1) is 19.2. The van der Waals surface area contributed by atoms with Crippen LogP contribution in [0.25, 0.3) is 0 Å². The molecule has 0 aliphatic heterocycles. The summed E-state index contributed by atoms with van der Waals surface area (Å²) >= 11 is 0. The van der Waals surface area contributed by atoms with E-state index < -0.39 is 0 Å². The molecule has 1 heterocycles. The van der Waals surface area contributed by atoms with Crippen LogP contribution in [0.4, 0.5) is 0 Å². The summed E-state index contributed by atoms with van der Waals surface area (Å²) in [6, 6.07) is 3.47. The van der Waals surface area contributed by atoms with Crippen LogP contribution in [-0.2, 0) is 0 Å². The minimum Gasteiger partial charge on any atom is -0.461 e. The highest BCUT2D eigenvalue weighted by atomic mass is 16.3. The maximum atomic E-state index is 11.8. The summed E-state index contributed by atoms with van der Waals surface area (Å²) in [5, 5.41) is 0. The van der Waals surface area contributed by atoms with Gasteiger partial charge in [0.2, 0.25) is 0 Å². The van der Waals surface area contributed by atoms with Gasteiger partial charge in [-0.15, -0.1) is 0 Å². The molecule has 1 rings (SSSR count). The lowest BCUT2D eigenvalue weighted by atomic mass is 10.0. The number of carbonyl (C=O) groups is 1. The quantitative estimate of drug-likeness (QED) is 0.357. The van der Waals surface area contributed by atoms with Gasteiger partial charge in [-0.25, -0.2) is 0 Å². The molecular formula is C21H30O2. The molecule has 0 saturated carbocycles. The van der Waals surface area contributed by atoms with E-state index in [0.29, 0.717) is 12.2 Å². The van der Waals surface area contributed by atoms with Gasteiger partial charge < -0.3 is 4.42 Å². The van der Waals surface area contributed by atoms with E-state index in [1.165, 1.54) is 16.7 Å². The van der Waals surface area contributed by atoms with Crippen molar-refractivity contribution in [1.29, 1.82) is 0 Å². The first-order chi connectivity index (χ1) is 11.0. The fraction of sp³-hybridized carbons (Fsp3) is 0.476. The molecule has 0 aliphatic carbocycles. The van der Waals surface area contributed by atoms with E-state index in [-0.39, 0.29) is 5.78 Å². The summed E-state index contributed by atoms with van der Waals surface area (Å²) in [4.78, 5) is 11.8. The number of rotatable bonds is 10. The number of hydrogen-bond donors (Lipinski definition) is 0. The van der Waals surface area contributed by atoms with Gasteiger partial charge in [-0.1, -0.05) is 34.9 Å². The molecule has 2 heteroatoms. The van der Waals surface area contributed by atoms with Gasteiger partial charge in [-0.3, -0.25) is 4.79 Å². The summed E-state index contributed by atoms with van der Waals surface area (Å²) in [7, 11) is 0. The molecular weight excluding hydrogens is 284 g/mol. The van der Waals surface area contributed by atoms with Crippen molar-refractivity contribution in [3.05, 3.63) is 59.1 Å². The first-order valence-corrected chi connectivity index (χ1v) is 8.50. The summed E-state index contributed by atoms with van der Waals surface area (Å²) < 4.78 is 5.11. The highest BCUT2D eigenvalue weighted by Gasteiger charge is 2.06. The molecule has 0 radical (unpaired) electrons. The predicted octanol–water partition coefficient (Wildman–Crippen LogP) is 6.66. The highest BCUT2D eigenvalue weighted by Crippen LogP contribution is 2.13. The average Bonchev–Trinajstić information content (AvgIpc) is 3.01. The standard InChI is InChI=1S/C21H30O2/c1-17(2)9-5-10-18(3)11-6-12-19(4)13-7-14-20(22)21-15-8-16-23-21/h8-9,11,13,15-16H,5-7,10,12,14H2,1-4H3/b18-11+,19-13+. The molecule has 1 aromatic heterocycles.